The van der Waals surface area contributed by atoms with Crippen molar-refractivity contribution in [3.05, 3.63) is 21.1 Å². The molecule has 1 aromatic heterocycles. The fourth-order valence-electron chi connectivity index (χ4n) is 0.577. The maximum absolute atomic E-state index is 12.8. The van der Waals surface area contributed by atoms with Crippen LogP contribution >= 0.6 is 22.6 Å². The minimum absolute atomic E-state index is 0.0297. The van der Waals surface area contributed by atoms with Crippen LogP contribution in [-0.2, 0) is 0 Å². The smallest absolute Gasteiger partial charge is 0.169 e. The molecular weight excluding hydrogens is 246 g/mol. The predicted molar refractivity (Wildman–Crippen MR) is 46.1 cm³/mol. The van der Waals surface area contributed by atoms with Crippen molar-refractivity contribution in [3.8, 4) is 0 Å². The van der Waals surface area contributed by atoms with Gasteiger partial charge in [0.25, 0.3) is 0 Å². The summed E-state index contributed by atoms with van der Waals surface area (Å²) in [5.74, 6) is -0.440. The van der Waals surface area contributed by atoms with Gasteiger partial charge in [-0.3, -0.25) is 0 Å². The zero-order chi connectivity index (χ0) is 7.72. The van der Waals surface area contributed by atoms with Crippen LogP contribution in [0.1, 0.15) is 5.56 Å². The van der Waals surface area contributed by atoms with Gasteiger partial charge in [0, 0.05) is 15.3 Å². The summed E-state index contributed by atoms with van der Waals surface area (Å²) in [5.41, 5.74) is 5.76. The van der Waals surface area contributed by atoms with E-state index in [1.165, 1.54) is 0 Å². The van der Waals surface area contributed by atoms with E-state index in [0.29, 0.717) is 5.56 Å². The highest BCUT2D eigenvalue weighted by atomic mass is 127. The average Bonchev–Trinajstić information content (AvgIpc) is 1.93. The SMILES string of the molecule is Cc1c(I)cnc(N)c1F. The van der Waals surface area contributed by atoms with Gasteiger partial charge in [-0.1, -0.05) is 0 Å². The third kappa shape index (κ3) is 1.21. The molecule has 1 aromatic rings. The van der Waals surface area contributed by atoms with Crippen LogP contribution < -0.4 is 5.73 Å². The maximum atomic E-state index is 12.8. The molecule has 0 aliphatic heterocycles. The number of aromatic nitrogens is 1. The number of nitrogens with zero attached hydrogens (tertiary/aromatic N) is 1. The molecule has 2 N–H and O–H groups in total. The highest BCUT2D eigenvalue weighted by molar-refractivity contribution is 14.1. The molecule has 0 amide bonds. The third-order valence-corrected chi connectivity index (χ3v) is 2.32. The van der Waals surface area contributed by atoms with E-state index in [9.17, 15) is 4.39 Å². The third-order valence-electron chi connectivity index (χ3n) is 1.23. The fourth-order valence-corrected chi connectivity index (χ4v) is 0.953. The normalized spacial score (nSPS) is 9.90. The van der Waals surface area contributed by atoms with Crippen molar-refractivity contribution in [1.29, 1.82) is 0 Å². The highest BCUT2D eigenvalue weighted by Crippen LogP contribution is 2.16. The number of hydrogen-bond donors (Lipinski definition) is 1. The minimum Gasteiger partial charge on any atom is -0.381 e. The van der Waals surface area contributed by atoms with Gasteiger partial charge in [0.15, 0.2) is 11.6 Å². The summed E-state index contributed by atoms with van der Waals surface area (Å²) < 4.78 is 13.6. The van der Waals surface area contributed by atoms with Crippen molar-refractivity contribution in [2.45, 2.75) is 6.92 Å². The molecule has 0 unspecified atom stereocenters. The fraction of sp³-hybridized carbons (Fsp3) is 0.167. The van der Waals surface area contributed by atoms with Crippen molar-refractivity contribution < 1.29 is 4.39 Å². The predicted octanol–water partition coefficient (Wildman–Crippen LogP) is 1.72. The molecule has 0 aliphatic rings. The Morgan fingerprint density at radius 3 is 2.80 bits per heavy atom. The summed E-state index contributed by atoms with van der Waals surface area (Å²) in [5, 5.41) is 0. The number of rotatable bonds is 0. The molecule has 0 fully saturated rings. The van der Waals surface area contributed by atoms with Crippen LogP contribution in [0, 0.1) is 16.3 Å². The monoisotopic (exact) mass is 252 g/mol. The summed E-state index contributed by atoms with van der Waals surface area (Å²) in [6, 6.07) is 0. The Morgan fingerprint density at radius 2 is 2.30 bits per heavy atom. The number of nitrogens with two attached hydrogens (primary N) is 1. The molecule has 0 spiro atoms. The number of halogens is 2. The lowest BCUT2D eigenvalue weighted by Crippen LogP contribution is -1.98. The number of anilines is 1. The molecule has 1 rings (SSSR count). The average molecular weight is 252 g/mol. The van der Waals surface area contributed by atoms with E-state index in [2.05, 4.69) is 4.98 Å². The van der Waals surface area contributed by atoms with Gasteiger partial charge >= 0.3 is 0 Å². The van der Waals surface area contributed by atoms with Gasteiger partial charge in [-0.15, -0.1) is 0 Å². The van der Waals surface area contributed by atoms with Crippen molar-refractivity contribution in [1.82, 2.24) is 4.98 Å². The van der Waals surface area contributed by atoms with E-state index >= 15 is 0 Å². The molecule has 1 heterocycles. The Kier molecular flexibility index (Phi) is 2.08. The molecule has 10 heavy (non-hydrogen) atoms. The van der Waals surface area contributed by atoms with E-state index in [0.717, 1.165) is 3.57 Å². The second-order valence-electron chi connectivity index (χ2n) is 1.93. The largest absolute Gasteiger partial charge is 0.381 e. The van der Waals surface area contributed by atoms with E-state index < -0.39 is 5.82 Å². The van der Waals surface area contributed by atoms with E-state index in [4.69, 9.17) is 5.73 Å². The summed E-state index contributed by atoms with van der Waals surface area (Å²) >= 11 is 2.01. The maximum Gasteiger partial charge on any atom is 0.169 e. The molecule has 0 bridgehead atoms. The molecule has 2 nitrogen and oxygen atoms in total. The first-order chi connectivity index (χ1) is 4.63. The van der Waals surface area contributed by atoms with Crippen LogP contribution in [0.5, 0.6) is 0 Å². The Bertz CT molecular complexity index is 235. The molecule has 0 saturated heterocycles. The molecule has 0 saturated carbocycles. The Hall–Kier alpha value is -0.390. The molecule has 0 atom stereocenters. The number of nitrogen functional groups attached to an aromatic ring is 1. The van der Waals surface area contributed by atoms with Gasteiger partial charge in [0.1, 0.15) is 0 Å². The van der Waals surface area contributed by atoms with Gasteiger partial charge in [-0.25, -0.2) is 9.37 Å². The van der Waals surface area contributed by atoms with Crippen LogP contribution in [-0.4, -0.2) is 4.98 Å². The lowest BCUT2D eigenvalue weighted by molar-refractivity contribution is 0.616. The second kappa shape index (κ2) is 2.69. The van der Waals surface area contributed by atoms with Crippen LogP contribution in [0.4, 0.5) is 10.2 Å². The van der Waals surface area contributed by atoms with E-state index in [1.54, 1.807) is 13.1 Å². The van der Waals surface area contributed by atoms with Gasteiger partial charge in [0.05, 0.1) is 0 Å². The number of hydrogen-bond acceptors (Lipinski definition) is 2. The second-order valence-corrected chi connectivity index (χ2v) is 3.09. The van der Waals surface area contributed by atoms with E-state index in [-0.39, 0.29) is 5.82 Å². The van der Waals surface area contributed by atoms with E-state index in [1.807, 2.05) is 22.6 Å². The van der Waals surface area contributed by atoms with Crippen molar-refractivity contribution in [3.63, 3.8) is 0 Å². The van der Waals surface area contributed by atoms with Gasteiger partial charge in [0.2, 0.25) is 0 Å². The van der Waals surface area contributed by atoms with Gasteiger partial charge in [-0.05, 0) is 29.5 Å². The topological polar surface area (TPSA) is 38.9 Å². The first-order valence-corrected chi connectivity index (χ1v) is 3.77. The molecule has 0 radical (unpaired) electrons. The first kappa shape index (κ1) is 7.71. The van der Waals surface area contributed by atoms with Crippen molar-refractivity contribution >= 4 is 28.4 Å². The summed E-state index contributed by atoms with van der Waals surface area (Å²) in [6.45, 7) is 1.68. The zero-order valence-corrected chi connectivity index (χ0v) is 7.52. The minimum atomic E-state index is -0.410. The van der Waals surface area contributed by atoms with Gasteiger partial charge < -0.3 is 5.73 Å². The Morgan fingerprint density at radius 1 is 1.70 bits per heavy atom. The summed E-state index contributed by atoms with van der Waals surface area (Å²) in [4.78, 5) is 3.63. The lowest BCUT2D eigenvalue weighted by Gasteiger charge is -2.00. The summed E-state index contributed by atoms with van der Waals surface area (Å²) in [7, 11) is 0. The molecule has 0 aromatic carbocycles. The molecule has 4 heteroatoms. The van der Waals surface area contributed by atoms with Gasteiger partial charge in [-0.2, -0.15) is 0 Å². The van der Waals surface area contributed by atoms with Crippen LogP contribution in [0.3, 0.4) is 0 Å². The van der Waals surface area contributed by atoms with Crippen LogP contribution in [0.15, 0.2) is 6.20 Å². The molecular formula is C6H6FIN2. The highest BCUT2D eigenvalue weighted by Gasteiger charge is 2.05. The van der Waals surface area contributed by atoms with Crippen LogP contribution in [0.25, 0.3) is 0 Å². The quantitative estimate of drug-likeness (QED) is 0.714. The van der Waals surface area contributed by atoms with Crippen LogP contribution in [0.2, 0.25) is 0 Å². The molecule has 0 aliphatic carbocycles. The molecule has 54 valence electrons. The Balaban J connectivity index is 3.34. The van der Waals surface area contributed by atoms with Crippen molar-refractivity contribution in [2.75, 3.05) is 5.73 Å². The standard InChI is InChI=1S/C6H6FIN2/c1-3-4(8)2-10-6(9)5(3)7/h2H,1H3,(H2,9,10). The first-order valence-electron chi connectivity index (χ1n) is 2.69. The number of pyridine rings is 1. The summed E-state index contributed by atoms with van der Waals surface area (Å²) in [6.07, 6.45) is 1.55. The lowest BCUT2D eigenvalue weighted by atomic mass is 10.3. The zero-order valence-electron chi connectivity index (χ0n) is 5.36. The Labute approximate surface area is 71.8 Å². The van der Waals surface area contributed by atoms with Crippen molar-refractivity contribution in [2.24, 2.45) is 0 Å².